The van der Waals surface area contributed by atoms with Gasteiger partial charge in [0.2, 0.25) is 0 Å². The molecule has 0 aromatic heterocycles. The van der Waals surface area contributed by atoms with Crippen LogP contribution in [0.5, 0.6) is 0 Å². The minimum atomic E-state index is 0.762. The van der Waals surface area contributed by atoms with Crippen molar-refractivity contribution in [1.29, 1.82) is 0 Å². The van der Waals surface area contributed by atoms with Crippen LogP contribution in [0.1, 0.15) is 0 Å². The summed E-state index contributed by atoms with van der Waals surface area (Å²) in [6.45, 7) is 0. The van der Waals surface area contributed by atoms with E-state index in [0.29, 0.717) is 0 Å². The molecule has 1 heterocycles. The molecule has 0 bridgehead atoms. The Labute approximate surface area is 122 Å². The third-order valence-electron chi connectivity index (χ3n) is 3.69. The van der Waals surface area contributed by atoms with E-state index in [9.17, 15) is 0 Å². The van der Waals surface area contributed by atoms with Gasteiger partial charge in [0.1, 0.15) is 0 Å². The second-order valence-electron chi connectivity index (χ2n) is 4.91. The molecule has 0 aliphatic carbocycles. The number of para-hydroxylation sites is 2. The van der Waals surface area contributed by atoms with E-state index >= 15 is 0 Å². The van der Waals surface area contributed by atoms with Gasteiger partial charge in [-0.1, -0.05) is 54.1 Å². The molecule has 3 aromatic rings. The Morgan fingerprint density at radius 2 is 1.20 bits per heavy atom. The van der Waals surface area contributed by atoms with Crippen molar-refractivity contribution in [3.8, 4) is 22.3 Å². The Bertz CT molecular complexity index is 808. The Morgan fingerprint density at radius 3 is 1.90 bits per heavy atom. The Kier molecular flexibility index (Phi) is 2.54. The van der Waals surface area contributed by atoms with E-state index in [1.54, 1.807) is 0 Å². The molecule has 1 aliphatic heterocycles. The number of anilines is 2. The minimum Gasteiger partial charge on any atom is -0.355 e. The lowest BCUT2D eigenvalue weighted by Gasteiger charge is -2.09. The molecule has 0 atom stereocenters. The number of benzene rings is 3. The molecule has 1 aliphatic rings. The van der Waals surface area contributed by atoms with Gasteiger partial charge in [0, 0.05) is 27.5 Å². The van der Waals surface area contributed by atoms with Crippen LogP contribution in [0, 0.1) is 0 Å². The summed E-state index contributed by atoms with van der Waals surface area (Å²) < 4.78 is 0. The summed E-state index contributed by atoms with van der Waals surface area (Å²) in [6.07, 6.45) is 0. The lowest BCUT2D eigenvalue weighted by atomic mass is 9.95. The van der Waals surface area contributed by atoms with Crippen LogP contribution in [0.25, 0.3) is 22.3 Å². The second-order valence-corrected chi connectivity index (χ2v) is 5.34. The molecule has 0 radical (unpaired) electrons. The zero-order valence-electron chi connectivity index (χ0n) is 10.7. The zero-order chi connectivity index (χ0) is 13.5. The van der Waals surface area contributed by atoms with Crippen molar-refractivity contribution in [2.75, 3.05) is 5.32 Å². The van der Waals surface area contributed by atoms with Crippen molar-refractivity contribution >= 4 is 23.0 Å². The third-order valence-corrected chi connectivity index (χ3v) is 3.92. The van der Waals surface area contributed by atoms with Crippen LogP contribution in [0.3, 0.4) is 0 Å². The molecule has 1 nitrogen and oxygen atoms in total. The highest BCUT2D eigenvalue weighted by Gasteiger charge is 2.18. The maximum atomic E-state index is 6.20. The van der Waals surface area contributed by atoms with Crippen LogP contribution in [0.4, 0.5) is 11.4 Å². The first-order valence-electron chi connectivity index (χ1n) is 6.58. The van der Waals surface area contributed by atoms with E-state index in [2.05, 4.69) is 53.8 Å². The summed E-state index contributed by atoms with van der Waals surface area (Å²) in [5, 5.41) is 4.29. The highest BCUT2D eigenvalue weighted by atomic mass is 35.5. The summed E-state index contributed by atoms with van der Waals surface area (Å²) in [5.41, 5.74) is 7.01. The maximum absolute atomic E-state index is 6.20. The van der Waals surface area contributed by atoms with Crippen LogP contribution in [0.15, 0.2) is 66.7 Å². The third kappa shape index (κ3) is 1.71. The predicted octanol–water partition coefficient (Wildman–Crippen LogP) is 5.73. The highest BCUT2D eigenvalue weighted by Crippen LogP contribution is 2.44. The van der Waals surface area contributed by atoms with Gasteiger partial charge in [-0.25, -0.2) is 0 Å². The van der Waals surface area contributed by atoms with Crippen molar-refractivity contribution in [2.45, 2.75) is 0 Å². The molecule has 20 heavy (non-hydrogen) atoms. The van der Waals surface area contributed by atoms with Gasteiger partial charge in [-0.2, -0.15) is 0 Å². The number of nitrogens with one attached hydrogen (secondary N) is 1. The van der Waals surface area contributed by atoms with E-state index in [1.165, 1.54) is 22.3 Å². The van der Waals surface area contributed by atoms with Crippen molar-refractivity contribution < 1.29 is 0 Å². The summed E-state index contributed by atoms with van der Waals surface area (Å²) in [7, 11) is 0. The smallest absolute Gasteiger partial charge is 0.0464 e. The fourth-order valence-corrected chi connectivity index (χ4v) is 2.95. The molecular formula is C18H12ClN. The van der Waals surface area contributed by atoms with E-state index in [-0.39, 0.29) is 0 Å². The van der Waals surface area contributed by atoms with Gasteiger partial charge in [-0.05, 0) is 35.4 Å². The molecule has 3 aromatic carbocycles. The predicted molar refractivity (Wildman–Crippen MR) is 85.6 cm³/mol. The summed E-state index contributed by atoms with van der Waals surface area (Å²) in [6, 6.07) is 22.8. The molecular weight excluding hydrogens is 266 g/mol. The normalized spacial score (nSPS) is 11.7. The van der Waals surface area contributed by atoms with E-state index < -0.39 is 0 Å². The molecule has 2 heteroatoms. The number of hydrogen-bond acceptors (Lipinski definition) is 1. The van der Waals surface area contributed by atoms with Crippen LogP contribution in [-0.2, 0) is 0 Å². The number of halogens is 1. The molecule has 0 spiro atoms. The first-order valence-corrected chi connectivity index (χ1v) is 6.96. The summed E-state index contributed by atoms with van der Waals surface area (Å²) >= 11 is 6.20. The van der Waals surface area contributed by atoms with Crippen LogP contribution in [0.2, 0.25) is 5.02 Å². The Balaban J connectivity index is 2.13. The quantitative estimate of drug-likeness (QED) is 0.433. The fourth-order valence-electron chi connectivity index (χ4n) is 2.77. The molecule has 96 valence electrons. The molecule has 0 amide bonds. The number of hydrogen-bond donors (Lipinski definition) is 1. The van der Waals surface area contributed by atoms with E-state index in [1.807, 2.05) is 18.2 Å². The van der Waals surface area contributed by atoms with Crippen LogP contribution < -0.4 is 5.32 Å². The number of rotatable bonds is 0. The highest BCUT2D eigenvalue weighted by molar-refractivity contribution is 6.31. The SMILES string of the molecule is Clc1ccc2c(c1)-c1ccccc1Nc1ccccc1-2. The first-order chi connectivity index (χ1) is 9.83. The largest absolute Gasteiger partial charge is 0.355 e. The van der Waals surface area contributed by atoms with Crippen LogP contribution in [-0.4, -0.2) is 0 Å². The zero-order valence-corrected chi connectivity index (χ0v) is 11.5. The van der Waals surface area contributed by atoms with Crippen LogP contribution >= 0.6 is 11.6 Å². The van der Waals surface area contributed by atoms with Crippen molar-refractivity contribution in [3.05, 3.63) is 71.8 Å². The van der Waals surface area contributed by atoms with E-state index in [4.69, 9.17) is 11.6 Å². The maximum Gasteiger partial charge on any atom is 0.0464 e. The standard InChI is InChI=1S/C18H12ClN/c19-12-9-10-13-14-5-1-3-7-17(14)20-18-8-4-2-6-15(18)16(13)11-12/h1-11,20H. The number of fused-ring (bicyclic) bond motifs is 5. The lowest BCUT2D eigenvalue weighted by Crippen LogP contribution is -1.90. The molecule has 0 unspecified atom stereocenters. The molecule has 0 fully saturated rings. The van der Waals surface area contributed by atoms with Crippen molar-refractivity contribution in [1.82, 2.24) is 0 Å². The second kappa shape index (κ2) is 4.39. The monoisotopic (exact) mass is 277 g/mol. The van der Waals surface area contributed by atoms with Gasteiger partial charge in [0.05, 0.1) is 0 Å². The average molecular weight is 278 g/mol. The molecule has 0 saturated carbocycles. The van der Waals surface area contributed by atoms with E-state index in [0.717, 1.165) is 16.4 Å². The average Bonchev–Trinajstić information content (AvgIpc) is 2.61. The van der Waals surface area contributed by atoms with Gasteiger partial charge < -0.3 is 5.32 Å². The Hall–Kier alpha value is -2.25. The van der Waals surface area contributed by atoms with Crippen molar-refractivity contribution in [2.24, 2.45) is 0 Å². The van der Waals surface area contributed by atoms with Gasteiger partial charge in [0.15, 0.2) is 0 Å². The molecule has 4 rings (SSSR count). The topological polar surface area (TPSA) is 12.0 Å². The van der Waals surface area contributed by atoms with Gasteiger partial charge in [-0.3, -0.25) is 0 Å². The summed E-state index contributed by atoms with van der Waals surface area (Å²) in [5.74, 6) is 0. The fraction of sp³-hybridized carbons (Fsp3) is 0. The van der Waals surface area contributed by atoms with Gasteiger partial charge >= 0.3 is 0 Å². The molecule has 0 saturated heterocycles. The van der Waals surface area contributed by atoms with Gasteiger partial charge in [0.25, 0.3) is 0 Å². The minimum absolute atomic E-state index is 0.762. The Morgan fingerprint density at radius 1 is 0.600 bits per heavy atom. The first kappa shape index (κ1) is 11.6. The summed E-state index contributed by atoms with van der Waals surface area (Å²) in [4.78, 5) is 0. The lowest BCUT2D eigenvalue weighted by molar-refractivity contribution is 1.57. The van der Waals surface area contributed by atoms with Gasteiger partial charge in [-0.15, -0.1) is 0 Å². The molecule has 1 N–H and O–H groups in total. The van der Waals surface area contributed by atoms with Crippen molar-refractivity contribution in [3.63, 3.8) is 0 Å².